The Labute approximate surface area is 126 Å². The molecule has 21 heavy (non-hydrogen) atoms. The molecule has 2 aliphatic carbocycles. The van der Waals surface area contributed by atoms with E-state index >= 15 is 0 Å². The van der Waals surface area contributed by atoms with E-state index in [-0.39, 0.29) is 5.41 Å². The van der Waals surface area contributed by atoms with E-state index in [0.717, 1.165) is 6.42 Å². The Bertz CT molecular complexity index is 714. The van der Waals surface area contributed by atoms with Gasteiger partial charge in [-0.15, -0.1) is 0 Å². The van der Waals surface area contributed by atoms with Crippen molar-refractivity contribution < 1.29 is 0 Å². The predicted octanol–water partition coefficient (Wildman–Crippen LogP) is 5.71. The third-order valence-corrected chi connectivity index (χ3v) is 5.07. The lowest BCUT2D eigenvalue weighted by atomic mass is 9.69. The van der Waals surface area contributed by atoms with Crippen LogP contribution in [0.25, 0.3) is 11.1 Å². The minimum Gasteiger partial charge on any atom is -0.0804 e. The lowest BCUT2D eigenvalue weighted by molar-refractivity contribution is 0.403. The van der Waals surface area contributed by atoms with Gasteiger partial charge in [0.05, 0.1) is 0 Å². The second-order valence-electron chi connectivity index (χ2n) is 6.63. The van der Waals surface area contributed by atoms with E-state index in [0.29, 0.717) is 5.92 Å². The van der Waals surface area contributed by atoms with E-state index in [2.05, 4.69) is 80.6 Å². The maximum atomic E-state index is 2.39. The van der Waals surface area contributed by atoms with E-state index in [1.165, 1.54) is 27.8 Å². The van der Waals surface area contributed by atoms with Gasteiger partial charge < -0.3 is 0 Å². The molecule has 0 unspecified atom stereocenters. The van der Waals surface area contributed by atoms with Gasteiger partial charge in [-0.05, 0) is 34.2 Å². The second-order valence-corrected chi connectivity index (χ2v) is 6.63. The molecule has 0 bridgehead atoms. The Morgan fingerprint density at radius 1 is 0.857 bits per heavy atom. The van der Waals surface area contributed by atoms with Gasteiger partial charge in [-0.2, -0.15) is 0 Å². The van der Waals surface area contributed by atoms with E-state index in [1.54, 1.807) is 0 Å². The highest BCUT2D eigenvalue weighted by atomic mass is 14.4. The monoisotopic (exact) mass is 272 g/mol. The first kappa shape index (κ1) is 12.6. The molecule has 0 heterocycles. The van der Waals surface area contributed by atoms with E-state index in [9.17, 15) is 0 Å². The predicted molar refractivity (Wildman–Crippen MR) is 89.3 cm³/mol. The number of hydrogen-bond acceptors (Lipinski definition) is 0. The third-order valence-electron chi connectivity index (χ3n) is 5.07. The van der Waals surface area contributed by atoms with Crippen LogP contribution in [0.5, 0.6) is 0 Å². The normalized spacial score (nSPS) is 16.8. The van der Waals surface area contributed by atoms with Crippen molar-refractivity contribution in [2.45, 2.75) is 26.2 Å². The van der Waals surface area contributed by atoms with Crippen molar-refractivity contribution in [1.29, 1.82) is 0 Å². The molecule has 0 saturated carbocycles. The first-order valence-electron chi connectivity index (χ1n) is 7.75. The first-order valence-corrected chi connectivity index (χ1v) is 7.75. The Morgan fingerprint density at radius 3 is 1.95 bits per heavy atom. The number of allylic oxidation sites excluding steroid dienone is 4. The maximum Gasteiger partial charge on any atom is 0.0193 e. The summed E-state index contributed by atoms with van der Waals surface area (Å²) >= 11 is 0. The van der Waals surface area contributed by atoms with Crippen LogP contribution in [-0.4, -0.2) is 0 Å². The van der Waals surface area contributed by atoms with Crippen LogP contribution in [0.2, 0.25) is 0 Å². The molecular weight excluding hydrogens is 252 g/mol. The molecule has 4 rings (SSSR count). The molecule has 0 radical (unpaired) electrons. The van der Waals surface area contributed by atoms with Crippen molar-refractivity contribution in [1.82, 2.24) is 0 Å². The Hall–Kier alpha value is -2.08. The zero-order chi connectivity index (χ0) is 14.4. The van der Waals surface area contributed by atoms with Gasteiger partial charge in [0.1, 0.15) is 0 Å². The molecule has 0 saturated heterocycles. The number of hydrogen-bond donors (Lipinski definition) is 0. The van der Waals surface area contributed by atoms with Gasteiger partial charge in [0.2, 0.25) is 0 Å². The summed E-state index contributed by atoms with van der Waals surface area (Å²) in [6.45, 7) is 4.77. The molecule has 0 nitrogen and oxygen atoms in total. The van der Waals surface area contributed by atoms with Gasteiger partial charge in [-0.3, -0.25) is 0 Å². The van der Waals surface area contributed by atoms with Crippen molar-refractivity contribution in [3.8, 4) is 11.1 Å². The fraction of sp³-hybridized carbons (Fsp3) is 0.238. The Balaban J connectivity index is 1.95. The highest BCUT2D eigenvalue weighted by Crippen LogP contribution is 2.55. The molecule has 104 valence electrons. The average Bonchev–Trinajstić information content (AvgIpc) is 3.14. The van der Waals surface area contributed by atoms with Crippen molar-refractivity contribution >= 4 is 0 Å². The standard InChI is InChI=1S/C21H20/c1-21(2,15-9-3-4-10-15)20-18-13-7-5-11-16(18)17-12-6-8-14-19(17)20/h3,5-14,20H,4H2,1-2H3. The average molecular weight is 272 g/mol. The van der Waals surface area contributed by atoms with Crippen molar-refractivity contribution in [3.63, 3.8) is 0 Å². The largest absolute Gasteiger partial charge is 0.0804 e. The fourth-order valence-electron chi connectivity index (χ4n) is 4.04. The first-order chi connectivity index (χ1) is 10.2. The summed E-state index contributed by atoms with van der Waals surface area (Å²) in [6, 6.07) is 17.8. The summed E-state index contributed by atoms with van der Waals surface area (Å²) in [5.41, 5.74) is 7.37. The van der Waals surface area contributed by atoms with E-state index < -0.39 is 0 Å². The minimum atomic E-state index is 0.121. The molecule has 0 aromatic heterocycles. The molecule has 0 heteroatoms. The summed E-state index contributed by atoms with van der Waals surface area (Å²) in [6.07, 6.45) is 8.03. The molecule has 2 aromatic carbocycles. The van der Waals surface area contributed by atoms with Crippen molar-refractivity contribution in [3.05, 3.63) is 83.5 Å². The van der Waals surface area contributed by atoms with Gasteiger partial charge in [0.25, 0.3) is 0 Å². The van der Waals surface area contributed by atoms with Crippen LogP contribution in [0.3, 0.4) is 0 Å². The highest BCUT2D eigenvalue weighted by Gasteiger charge is 2.40. The van der Waals surface area contributed by atoms with Crippen LogP contribution in [0.4, 0.5) is 0 Å². The van der Waals surface area contributed by atoms with Gasteiger partial charge in [0, 0.05) is 11.3 Å². The maximum absolute atomic E-state index is 2.39. The molecular formula is C21H20. The Morgan fingerprint density at radius 2 is 1.43 bits per heavy atom. The SMILES string of the molecule is CC(C)(C1=CCC=C1)C1c2ccccc2-c2ccccc21. The summed E-state index contributed by atoms with van der Waals surface area (Å²) in [5, 5.41) is 0. The second kappa shape index (κ2) is 4.46. The van der Waals surface area contributed by atoms with Crippen LogP contribution >= 0.6 is 0 Å². The summed E-state index contributed by atoms with van der Waals surface area (Å²) < 4.78 is 0. The molecule has 0 atom stereocenters. The molecule has 0 fully saturated rings. The lowest BCUT2D eigenvalue weighted by Gasteiger charge is -2.34. The zero-order valence-electron chi connectivity index (χ0n) is 12.6. The van der Waals surface area contributed by atoms with Crippen LogP contribution < -0.4 is 0 Å². The molecule has 0 N–H and O–H groups in total. The highest BCUT2D eigenvalue weighted by molar-refractivity contribution is 5.79. The van der Waals surface area contributed by atoms with Crippen LogP contribution in [0.1, 0.15) is 37.3 Å². The van der Waals surface area contributed by atoms with E-state index in [1.807, 2.05) is 0 Å². The topological polar surface area (TPSA) is 0 Å². The molecule has 2 aromatic rings. The molecule has 0 aliphatic heterocycles. The van der Waals surface area contributed by atoms with Gasteiger partial charge in [-0.1, -0.05) is 80.6 Å². The number of rotatable bonds is 2. The zero-order valence-corrected chi connectivity index (χ0v) is 12.6. The third kappa shape index (κ3) is 1.75. The number of benzene rings is 2. The summed E-state index contributed by atoms with van der Waals surface area (Å²) in [4.78, 5) is 0. The molecule has 2 aliphatic rings. The van der Waals surface area contributed by atoms with Crippen molar-refractivity contribution in [2.24, 2.45) is 5.41 Å². The van der Waals surface area contributed by atoms with Gasteiger partial charge >= 0.3 is 0 Å². The Kier molecular flexibility index (Phi) is 2.68. The number of fused-ring (bicyclic) bond motifs is 3. The smallest absolute Gasteiger partial charge is 0.0193 e. The lowest BCUT2D eigenvalue weighted by Crippen LogP contribution is -2.23. The molecule has 0 amide bonds. The van der Waals surface area contributed by atoms with Crippen LogP contribution in [-0.2, 0) is 0 Å². The molecule has 0 spiro atoms. The quantitative estimate of drug-likeness (QED) is 0.656. The summed E-state index contributed by atoms with van der Waals surface area (Å²) in [5.74, 6) is 0.443. The van der Waals surface area contributed by atoms with Gasteiger partial charge in [0.15, 0.2) is 0 Å². The minimum absolute atomic E-state index is 0.121. The van der Waals surface area contributed by atoms with Crippen LogP contribution in [0, 0.1) is 5.41 Å². The van der Waals surface area contributed by atoms with Crippen molar-refractivity contribution in [2.75, 3.05) is 0 Å². The van der Waals surface area contributed by atoms with E-state index in [4.69, 9.17) is 0 Å². The fourth-order valence-corrected chi connectivity index (χ4v) is 4.04. The van der Waals surface area contributed by atoms with Crippen LogP contribution in [0.15, 0.2) is 72.3 Å². The summed E-state index contributed by atoms with van der Waals surface area (Å²) in [7, 11) is 0. The van der Waals surface area contributed by atoms with Gasteiger partial charge in [-0.25, -0.2) is 0 Å².